The third kappa shape index (κ3) is 4.58. The minimum atomic E-state index is -1.15. The van der Waals surface area contributed by atoms with E-state index in [1.807, 2.05) is 0 Å². The lowest BCUT2D eigenvalue weighted by atomic mass is 9.98. The average Bonchev–Trinajstić information content (AvgIpc) is 2.89. The van der Waals surface area contributed by atoms with Gasteiger partial charge in [-0.25, -0.2) is 4.79 Å². The molecule has 2 heterocycles. The van der Waals surface area contributed by atoms with Gasteiger partial charge in [0.1, 0.15) is 30.0 Å². The summed E-state index contributed by atoms with van der Waals surface area (Å²) < 4.78 is 22.3. The van der Waals surface area contributed by atoms with E-state index in [0.29, 0.717) is 0 Å². The molecule has 1 amide bonds. The molecule has 1 unspecified atom stereocenters. The summed E-state index contributed by atoms with van der Waals surface area (Å²) in [6.07, 6.45) is -4.75. The van der Waals surface area contributed by atoms with Gasteiger partial charge in [-0.2, -0.15) is 0 Å². The molecule has 0 radical (unpaired) electrons. The van der Waals surface area contributed by atoms with Crippen molar-refractivity contribution in [1.82, 2.24) is 5.32 Å². The predicted molar refractivity (Wildman–Crippen MR) is 84.4 cm³/mol. The van der Waals surface area contributed by atoms with Crippen LogP contribution < -0.4 is 5.32 Å². The van der Waals surface area contributed by atoms with Crippen molar-refractivity contribution in [2.24, 2.45) is 0 Å². The SMILES string of the molecule is C[C@@H]1O[C@@H](C(NC(=O)OC(C)(C)C)[C@H]2COC(C)(C)O2)[C@@H](O)[C@@H]1O. The summed E-state index contributed by atoms with van der Waals surface area (Å²) in [6.45, 7) is 10.7. The highest BCUT2D eigenvalue weighted by Crippen LogP contribution is 2.31. The molecule has 0 bridgehead atoms. The Labute approximate surface area is 142 Å². The number of alkyl carbamates (subject to hydrolysis) is 1. The molecule has 0 aromatic rings. The van der Waals surface area contributed by atoms with Gasteiger partial charge < -0.3 is 34.5 Å². The van der Waals surface area contributed by atoms with Crippen LogP contribution in [0.3, 0.4) is 0 Å². The van der Waals surface area contributed by atoms with Crippen molar-refractivity contribution >= 4 is 6.09 Å². The predicted octanol–water partition coefficient (Wildman–Crippen LogP) is 0.540. The quantitative estimate of drug-likeness (QED) is 0.684. The third-order valence-corrected chi connectivity index (χ3v) is 4.01. The van der Waals surface area contributed by atoms with E-state index in [9.17, 15) is 15.0 Å². The van der Waals surface area contributed by atoms with Crippen LogP contribution in [-0.2, 0) is 18.9 Å². The summed E-state index contributed by atoms with van der Waals surface area (Å²) in [5.41, 5.74) is -0.664. The minimum absolute atomic E-state index is 0.227. The first-order chi connectivity index (χ1) is 10.9. The third-order valence-electron chi connectivity index (χ3n) is 4.01. The first-order valence-electron chi connectivity index (χ1n) is 8.22. The fourth-order valence-electron chi connectivity index (χ4n) is 2.90. The van der Waals surface area contributed by atoms with E-state index in [2.05, 4.69) is 5.32 Å². The molecule has 24 heavy (non-hydrogen) atoms. The van der Waals surface area contributed by atoms with Crippen LogP contribution in [0.5, 0.6) is 0 Å². The van der Waals surface area contributed by atoms with Crippen molar-refractivity contribution in [2.75, 3.05) is 6.61 Å². The van der Waals surface area contributed by atoms with Crippen molar-refractivity contribution in [2.45, 2.75) is 89.5 Å². The molecule has 0 aliphatic carbocycles. The van der Waals surface area contributed by atoms with Crippen LogP contribution in [0.25, 0.3) is 0 Å². The highest BCUT2D eigenvalue weighted by Gasteiger charge is 2.50. The van der Waals surface area contributed by atoms with Crippen molar-refractivity contribution in [3.05, 3.63) is 0 Å². The van der Waals surface area contributed by atoms with Crippen molar-refractivity contribution in [3.8, 4) is 0 Å². The lowest BCUT2D eigenvalue weighted by Gasteiger charge is -2.32. The Morgan fingerprint density at radius 2 is 1.92 bits per heavy atom. The van der Waals surface area contributed by atoms with Crippen molar-refractivity contribution in [3.63, 3.8) is 0 Å². The van der Waals surface area contributed by atoms with Gasteiger partial charge in [-0.15, -0.1) is 0 Å². The Hall–Kier alpha value is -0.930. The molecule has 2 rings (SSSR count). The highest BCUT2D eigenvalue weighted by molar-refractivity contribution is 5.68. The summed E-state index contributed by atoms with van der Waals surface area (Å²) in [5.74, 6) is -0.799. The topological polar surface area (TPSA) is 106 Å². The summed E-state index contributed by atoms with van der Waals surface area (Å²) in [6, 6.07) is -0.726. The Bertz CT molecular complexity index is 462. The van der Waals surface area contributed by atoms with Crippen LogP contribution in [0.1, 0.15) is 41.5 Å². The van der Waals surface area contributed by atoms with Crippen LogP contribution in [0.2, 0.25) is 0 Å². The van der Waals surface area contributed by atoms with Gasteiger partial charge in [-0.05, 0) is 41.5 Å². The van der Waals surface area contributed by atoms with Gasteiger partial charge >= 0.3 is 6.09 Å². The average molecular weight is 347 g/mol. The van der Waals surface area contributed by atoms with Gasteiger partial charge in [0.05, 0.1) is 18.8 Å². The number of aliphatic hydroxyl groups is 2. The molecule has 6 atom stereocenters. The number of carbonyl (C=O) groups excluding carboxylic acids is 1. The molecule has 140 valence electrons. The number of hydrogen-bond donors (Lipinski definition) is 3. The largest absolute Gasteiger partial charge is 0.444 e. The molecule has 0 spiro atoms. The number of nitrogens with one attached hydrogen (secondary N) is 1. The number of ether oxygens (including phenoxy) is 4. The summed E-state index contributed by atoms with van der Waals surface area (Å²) in [5, 5.41) is 22.9. The molecule has 8 heteroatoms. The van der Waals surface area contributed by atoms with Gasteiger partial charge in [0.25, 0.3) is 0 Å². The number of hydrogen-bond acceptors (Lipinski definition) is 7. The Morgan fingerprint density at radius 1 is 1.29 bits per heavy atom. The van der Waals surface area contributed by atoms with Gasteiger partial charge in [0, 0.05) is 0 Å². The molecule has 0 saturated carbocycles. The molecule has 2 aliphatic heterocycles. The minimum Gasteiger partial charge on any atom is -0.444 e. The van der Waals surface area contributed by atoms with Crippen LogP contribution in [-0.4, -0.2) is 70.9 Å². The first kappa shape index (κ1) is 19.4. The fourth-order valence-corrected chi connectivity index (χ4v) is 2.90. The lowest BCUT2D eigenvalue weighted by molar-refractivity contribution is -0.149. The molecule has 2 fully saturated rings. The van der Waals surface area contributed by atoms with Crippen LogP contribution in [0, 0.1) is 0 Å². The Balaban J connectivity index is 2.15. The summed E-state index contributed by atoms with van der Waals surface area (Å²) in [7, 11) is 0. The maximum atomic E-state index is 12.2. The molecular formula is C16H29NO7. The van der Waals surface area contributed by atoms with E-state index in [1.54, 1.807) is 41.5 Å². The molecule has 0 aromatic carbocycles. The van der Waals surface area contributed by atoms with E-state index in [4.69, 9.17) is 18.9 Å². The lowest BCUT2D eigenvalue weighted by Crippen LogP contribution is -2.56. The summed E-state index contributed by atoms with van der Waals surface area (Å²) in [4.78, 5) is 12.2. The molecular weight excluding hydrogens is 318 g/mol. The maximum Gasteiger partial charge on any atom is 0.408 e. The van der Waals surface area contributed by atoms with Gasteiger partial charge in [-0.1, -0.05) is 0 Å². The fraction of sp³-hybridized carbons (Fsp3) is 0.938. The highest BCUT2D eigenvalue weighted by atomic mass is 16.7. The van der Waals surface area contributed by atoms with Crippen LogP contribution in [0.4, 0.5) is 4.79 Å². The maximum absolute atomic E-state index is 12.2. The molecule has 2 aliphatic rings. The molecule has 2 saturated heterocycles. The number of amides is 1. The molecule has 0 aromatic heterocycles. The van der Waals surface area contributed by atoms with E-state index in [-0.39, 0.29) is 6.61 Å². The monoisotopic (exact) mass is 347 g/mol. The smallest absolute Gasteiger partial charge is 0.408 e. The zero-order valence-corrected chi connectivity index (χ0v) is 15.1. The van der Waals surface area contributed by atoms with E-state index in [0.717, 1.165) is 0 Å². The Kier molecular flexibility index (Phi) is 5.46. The number of rotatable bonds is 3. The van der Waals surface area contributed by atoms with Gasteiger partial charge in [0.15, 0.2) is 5.79 Å². The molecule has 3 N–H and O–H groups in total. The van der Waals surface area contributed by atoms with Gasteiger partial charge in [0.2, 0.25) is 0 Å². The summed E-state index contributed by atoms with van der Waals surface area (Å²) >= 11 is 0. The van der Waals surface area contributed by atoms with Crippen LogP contribution in [0.15, 0.2) is 0 Å². The van der Waals surface area contributed by atoms with E-state index < -0.39 is 54.0 Å². The van der Waals surface area contributed by atoms with Gasteiger partial charge in [-0.3, -0.25) is 0 Å². The Morgan fingerprint density at radius 3 is 2.33 bits per heavy atom. The van der Waals surface area contributed by atoms with E-state index in [1.165, 1.54) is 0 Å². The van der Waals surface area contributed by atoms with Crippen LogP contribution >= 0.6 is 0 Å². The first-order valence-corrected chi connectivity index (χ1v) is 8.22. The molecule has 8 nitrogen and oxygen atoms in total. The van der Waals surface area contributed by atoms with E-state index >= 15 is 0 Å². The zero-order valence-electron chi connectivity index (χ0n) is 15.1. The number of carbonyl (C=O) groups is 1. The number of aliphatic hydroxyl groups excluding tert-OH is 2. The van der Waals surface area contributed by atoms with Crippen molar-refractivity contribution in [1.29, 1.82) is 0 Å². The van der Waals surface area contributed by atoms with Crippen molar-refractivity contribution < 1.29 is 34.0 Å². The standard InChI is InChI=1S/C16H29NO7/c1-8-11(18)12(19)13(22-8)10(9-7-21-16(5,6)23-9)17-14(20)24-15(2,3)4/h8-13,18-19H,7H2,1-6H3,(H,17,20)/t8-,9+,10?,11+,12-,13-/m0/s1. The second-order valence-corrected chi connectivity index (χ2v) is 7.83. The zero-order chi connectivity index (χ0) is 18.3. The second-order valence-electron chi connectivity index (χ2n) is 7.83. The second kappa shape index (κ2) is 6.76. The normalized spacial score (nSPS) is 37.2.